The van der Waals surface area contributed by atoms with Gasteiger partial charge in [0.1, 0.15) is 0 Å². The number of nitrogens with zero attached hydrogens (tertiary/aromatic N) is 1. The molecule has 1 aromatic rings. The number of nitriles is 1. The fraction of sp³-hybridized carbons (Fsp3) is 0.125. The molecule has 4 nitrogen and oxygen atoms in total. The molecule has 5 heteroatoms. The van der Waals surface area contributed by atoms with Crippen LogP contribution in [-0.2, 0) is 10.0 Å². The zero-order valence-electron chi connectivity index (χ0n) is 6.98. The van der Waals surface area contributed by atoms with Crippen molar-refractivity contribution in [2.45, 2.75) is 11.8 Å². The van der Waals surface area contributed by atoms with Crippen LogP contribution in [0.4, 0.5) is 0 Å². The van der Waals surface area contributed by atoms with Crippen molar-refractivity contribution in [2.75, 3.05) is 0 Å². The van der Waals surface area contributed by atoms with Crippen molar-refractivity contribution in [3.63, 3.8) is 0 Å². The second kappa shape index (κ2) is 3.17. The molecule has 1 aromatic carbocycles. The van der Waals surface area contributed by atoms with E-state index in [1.807, 2.05) is 6.07 Å². The summed E-state index contributed by atoms with van der Waals surface area (Å²) >= 11 is 0. The van der Waals surface area contributed by atoms with Gasteiger partial charge in [0.2, 0.25) is 10.0 Å². The third-order valence-electron chi connectivity index (χ3n) is 1.71. The van der Waals surface area contributed by atoms with Crippen molar-refractivity contribution >= 4 is 10.0 Å². The molecule has 1 rings (SSSR count). The fourth-order valence-electron chi connectivity index (χ4n) is 1.04. The summed E-state index contributed by atoms with van der Waals surface area (Å²) in [5, 5.41) is 13.6. The predicted molar refractivity (Wildman–Crippen MR) is 47.3 cm³/mol. The summed E-state index contributed by atoms with van der Waals surface area (Å²) in [5.74, 6) is 0. The van der Waals surface area contributed by atoms with Gasteiger partial charge >= 0.3 is 0 Å². The zero-order valence-corrected chi connectivity index (χ0v) is 7.80. The molecule has 0 radical (unpaired) electrons. The van der Waals surface area contributed by atoms with E-state index in [1.165, 1.54) is 12.1 Å². The first-order valence-corrected chi connectivity index (χ1v) is 5.04. The highest BCUT2D eigenvalue weighted by Gasteiger charge is 2.12. The molecule has 0 aliphatic heterocycles. The molecule has 2 N–H and O–H groups in total. The van der Waals surface area contributed by atoms with Gasteiger partial charge < -0.3 is 0 Å². The Kier molecular flexibility index (Phi) is 2.36. The number of benzene rings is 1. The van der Waals surface area contributed by atoms with Crippen LogP contribution in [0.3, 0.4) is 0 Å². The Bertz CT molecular complexity index is 471. The topological polar surface area (TPSA) is 83.9 Å². The minimum Gasteiger partial charge on any atom is -0.225 e. The lowest BCUT2D eigenvalue weighted by atomic mass is 10.1. The largest absolute Gasteiger partial charge is 0.238 e. The van der Waals surface area contributed by atoms with Gasteiger partial charge in [0.05, 0.1) is 16.5 Å². The molecule has 0 unspecified atom stereocenters. The first kappa shape index (κ1) is 9.71. The summed E-state index contributed by atoms with van der Waals surface area (Å²) in [6, 6.07) is 6.31. The van der Waals surface area contributed by atoms with E-state index < -0.39 is 10.0 Å². The standard InChI is InChI=1S/C8H8N2O2S/c1-6-7(5-9)3-2-4-8(6)13(10,11)12/h2-4H,1H3,(H2,10,11,12). The minimum atomic E-state index is -3.72. The number of primary sulfonamides is 1. The van der Waals surface area contributed by atoms with Gasteiger partial charge in [-0.2, -0.15) is 5.26 Å². The fourth-order valence-corrected chi connectivity index (χ4v) is 1.85. The third kappa shape index (κ3) is 1.86. The van der Waals surface area contributed by atoms with Crippen LogP contribution >= 0.6 is 0 Å². The first-order valence-electron chi connectivity index (χ1n) is 3.49. The summed E-state index contributed by atoms with van der Waals surface area (Å²) < 4.78 is 22.0. The van der Waals surface area contributed by atoms with Crippen LogP contribution in [0, 0.1) is 18.3 Å². The Morgan fingerprint density at radius 1 is 1.46 bits per heavy atom. The van der Waals surface area contributed by atoms with Gasteiger partial charge in [0.25, 0.3) is 0 Å². The van der Waals surface area contributed by atoms with E-state index in [9.17, 15) is 8.42 Å². The average molecular weight is 196 g/mol. The number of hydrogen-bond donors (Lipinski definition) is 1. The Labute approximate surface area is 76.7 Å². The second-order valence-electron chi connectivity index (χ2n) is 2.59. The van der Waals surface area contributed by atoms with Crippen LogP contribution in [0.5, 0.6) is 0 Å². The van der Waals surface area contributed by atoms with E-state index >= 15 is 0 Å². The maximum Gasteiger partial charge on any atom is 0.238 e. The number of hydrogen-bond acceptors (Lipinski definition) is 3. The van der Waals surface area contributed by atoms with Gasteiger partial charge in [-0.15, -0.1) is 0 Å². The number of rotatable bonds is 1. The summed E-state index contributed by atoms with van der Waals surface area (Å²) in [6.45, 7) is 1.55. The monoisotopic (exact) mass is 196 g/mol. The molecule has 0 fully saturated rings. The Balaban J connectivity index is 3.53. The van der Waals surface area contributed by atoms with E-state index in [1.54, 1.807) is 13.0 Å². The lowest BCUT2D eigenvalue weighted by molar-refractivity contribution is 0.597. The van der Waals surface area contributed by atoms with Gasteiger partial charge in [-0.25, -0.2) is 13.6 Å². The Hall–Kier alpha value is -1.38. The van der Waals surface area contributed by atoms with Crippen molar-refractivity contribution in [2.24, 2.45) is 5.14 Å². The highest BCUT2D eigenvalue weighted by Crippen LogP contribution is 2.16. The van der Waals surface area contributed by atoms with Gasteiger partial charge in [-0.3, -0.25) is 0 Å². The lowest BCUT2D eigenvalue weighted by Crippen LogP contribution is -2.14. The molecule has 0 saturated carbocycles. The first-order chi connectivity index (χ1) is 5.96. The second-order valence-corrected chi connectivity index (χ2v) is 4.12. The Morgan fingerprint density at radius 3 is 2.54 bits per heavy atom. The zero-order chi connectivity index (χ0) is 10.1. The minimum absolute atomic E-state index is 0.00606. The smallest absolute Gasteiger partial charge is 0.225 e. The van der Waals surface area contributed by atoms with Gasteiger partial charge in [0, 0.05) is 0 Å². The molecule has 0 aliphatic carbocycles. The van der Waals surface area contributed by atoms with Crippen LogP contribution in [-0.4, -0.2) is 8.42 Å². The van der Waals surface area contributed by atoms with Gasteiger partial charge in [0.15, 0.2) is 0 Å². The molecular formula is C8H8N2O2S. The molecule has 0 spiro atoms. The molecule has 68 valence electrons. The van der Waals surface area contributed by atoms with Crippen LogP contribution < -0.4 is 5.14 Å². The lowest BCUT2D eigenvalue weighted by Gasteiger charge is -2.03. The number of sulfonamides is 1. The van der Waals surface area contributed by atoms with Crippen molar-refractivity contribution in [1.82, 2.24) is 0 Å². The normalized spacial score (nSPS) is 10.8. The predicted octanol–water partition coefficient (Wildman–Crippen LogP) is 0.514. The molecule has 13 heavy (non-hydrogen) atoms. The van der Waals surface area contributed by atoms with Crippen molar-refractivity contribution in [1.29, 1.82) is 5.26 Å². The maximum absolute atomic E-state index is 11.0. The van der Waals surface area contributed by atoms with Gasteiger partial charge in [-0.1, -0.05) is 6.07 Å². The number of nitrogens with two attached hydrogens (primary N) is 1. The maximum atomic E-state index is 11.0. The van der Waals surface area contributed by atoms with Crippen molar-refractivity contribution < 1.29 is 8.42 Å². The van der Waals surface area contributed by atoms with Gasteiger partial charge in [-0.05, 0) is 24.6 Å². The van der Waals surface area contributed by atoms with E-state index in [4.69, 9.17) is 10.4 Å². The summed E-state index contributed by atoms with van der Waals surface area (Å²) in [5.41, 5.74) is 0.721. The highest BCUT2D eigenvalue weighted by atomic mass is 32.2. The molecule has 0 heterocycles. The van der Waals surface area contributed by atoms with Crippen LogP contribution in [0.1, 0.15) is 11.1 Å². The summed E-state index contributed by atoms with van der Waals surface area (Å²) in [4.78, 5) is 0.00606. The molecule has 0 atom stereocenters. The highest BCUT2D eigenvalue weighted by molar-refractivity contribution is 7.89. The third-order valence-corrected chi connectivity index (χ3v) is 2.77. The van der Waals surface area contributed by atoms with Crippen molar-refractivity contribution in [3.8, 4) is 6.07 Å². The van der Waals surface area contributed by atoms with E-state index in [0.29, 0.717) is 11.1 Å². The Morgan fingerprint density at radius 2 is 2.08 bits per heavy atom. The summed E-state index contributed by atoms with van der Waals surface area (Å²) in [6.07, 6.45) is 0. The molecule has 0 amide bonds. The van der Waals surface area contributed by atoms with E-state index in [0.717, 1.165) is 0 Å². The summed E-state index contributed by atoms with van der Waals surface area (Å²) in [7, 11) is -3.72. The molecular weight excluding hydrogens is 188 g/mol. The molecule has 0 bridgehead atoms. The quantitative estimate of drug-likeness (QED) is 0.710. The molecule has 0 aromatic heterocycles. The van der Waals surface area contributed by atoms with Crippen LogP contribution in [0.15, 0.2) is 23.1 Å². The van der Waals surface area contributed by atoms with Crippen LogP contribution in [0.2, 0.25) is 0 Å². The molecule has 0 saturated heterocycles. The van der Waals surface area contributed by atoms with E-state index in [-0.39, 0.29) is 4.90 Å². The van der Waals surface area contributed by atoms with E-state index in [2.05, 4.69) is 0 Å². The van der Waals surface area contributed by atoms with Crippen LogP contribution in [0.25, 0.3) is 0 Å². The SMILES string of the molecule is Cc1c(C#N)cccc1S(N)(=O)=O. The van der Waals surface area contributed by atoms with Crippen molar-refractivity contribution in [3.05, 3.63) is 29.3 Å². The molecule has 0 aliphatic rings. The average Bonchev–Trinajstić information content (AvgIpc) is 2.02.